The lowest BCUT2D eigenvalue weighted by Crippen LogP contribution is -2.43. The van der Waals surface area contributed by atoms with E-state index in [9.17, 15) is 14.4 Å². The van der Waals surface area contributed by atoms with Crippen LogP contribution in [0.5, 0.6) is 0 Å². The third-order valence-corrected chi connectivity index (χ3v) is 5.38. The maximum atomic E-state index is 12.1. The van der Waals surface area contributed by atoms with Gasteiger partial charge in [0.05, 0.1) is 5.56 Å². The molecule has 1 aromatic heterocycles. The molecule has 160 valence electrons. The van der Waals surface area contributed by atoms with Crippen molar-refractivity contribution >= 4 is 12.0 Å². The second-order valence-electron chi connectivity index (χ2n) is 7.79. The number of amides is 1. The monoisotopic (exact) mass is 411 g/mol. The topological polar surface area (TPSA) is 79.6 Å². The van der Waals surface area contributed by atoms with Gasteiger partial charge in [-0.15, -0.1) is 0 Å². The highest BCUT2D eigenvalue weighted by atomic mass is 16.2. The van der Waals surface area contributed by atoms with Crippen molar-refractivity contribution in [3.63, 3.8) is 0 Å². The Morgan fingerprint density at radius 1 is 1.00 bits per heavy atom. The molecule has 0 unspecified atom stereocenters. The van der Waals surface area contributed by atoms with Crippen LogP contribution in [0.15, 0.2) is 46.1 Å². The van der Waals surface area contributed by atoms with Crippen molar-refractivity contribution < 1.29 is 4.79 Å². The van der Waals surface area contributed by atoms with Gasteiger partial charge in [-0.05, 0) is 24.3 Å². The number of nitrogens with one attached hydrogen (secondary N) is 1. The summed E-state index contributed by atoms with van der Waals surface area (Å²) in [5, 5.41) is 2.82. The second-order valence-corrected chi connectivity index (χ2v) is 7.79. The molecule has 1 fully saturated rings. The fourth-order valence-corrected chi connectivity index (χ4v) is 3.39. The van der Waals surface area contributed by atoms with Gasteiger partial charge >= 0.3 is 5.69 Å². The molecule has 1 N–H and O–H groups in total. The fourth-order valence-electron chi connectivity index (χ4n) is 3.39. The minimum absolute atomic E-state index is 0.281. The van der Waals surface area contributed by atoms with Crippen molar-refractivity contribution in [3.8, 4) is 0 Å². The molecule has 1 aliphatic rings. The minimum Gasteiger partial charge on any atom is -0.348 e. The Morgan fingerprint density at radius 3 is 2.30 bits per heavy atom. The predicted octanol–water partition coefficient (Wildman–Crippen LogP) is 0.161. The van der Waals surface area contributed by atoms with Crippen LogP contribution in [0.4, 0.5) is 0 Å². The van der Waals surface area contributed by atoms with Crippen LogP contribution in [-0.2, 0) is 32.0 Å². The highest BCUT2D eigenvalue weighted by Crippen LogP contribution is 2.09. The van der Waals surface area contributed by atoms with Crippen molar-refractivity contribution in [2.45, 2.75) is 13.1 Å². The number of rotatable bonds is 6. The Labute approximate surface area is 176 Å². The summed E-state index contributed by atoms with van der Waals surface area (Å²) in [5.74, 6) is -0.299. The molecule has 3 rings (SSSR count). The standard InChI is InChI=1S/C22H29N5O3/c1-24-10-12-27(13-11-24)15-18-6-4-17(5-7-18)14-23-20(28)9-8-19-16-25(2)22(30)26(3)21(19)29/h4-9,16H,10-15H2,1-3H3,(H,23,28)/b9-8+. The van der Waals surface area contributed by atoms with Crippen LogP contribution in [-0.4, -0.2) is 58.1 Å². The smallest absolute Gasteiger partial charge is 0.330 e. The number of likely N-dealkylation sites (N-methyl/N-ethyl adjacent to an activating group) is 1. The lowest BCUT2D eigenvalue weighted by Gasteiger charge is -2.32. The Kier molecular flexibility index (Phi) is 7.02. The molecule has 0 spiro atoms. The van der Waals surface area contributed by atoms with Crippen molar-refractivity contribution in [2.75, 3.05) is 33.2 Å². The number of aromatic nitrogens is 2. The van der Waals surface area contributed by atoms with E-state index in [2.05, 4.69) is 34.3 Å². The van der Waals surface area contributed by atoms with Gasteiger partial charge in [0.1, 0.15) is 0 Å². The molecule has 0 aliphatic carbocycles. The summed E-state index contributed by atoms with van der Waals surface area (Å²) < 4.78 is 2.32. The number of hydrogen-bond donors (Lipinski definition) is 1. The van der Waals surface area contributed by atoms with Gasteiger partial charge in [0.15, 0.2) is 0 Å². The van der Waals surface area contributed by atoms with Gasteiger partial charge in [0, 0.05) is 65.6 Å². The summed E-state index contributed by atoms with van der Waals surface area (Å²) in [6.07, 6.45) is 4.16. The first kappa shape index (κ1) is 21.7. The lowest BCUT2D eigenvalue weighted by molar-refractivity contribution is -0.116. The van der Waals surface area contributed by atoms with Crippen LogP contribution in [0.3, 0.4) is 0 Å². The van der Waals surface area contributed by atoms with E-state index >= 15 is 0 Å². The molecule has 0 saturated carbocycles. The normalized spacial score (nSPS) is 15.6. The zero-order valence-electron chi connectivity index (χ0n) is 17.8. The summed E-state index contributed by atoms with van der Waals surface area (Å²) in [4.78, 5) is 40.7. The Balaban J connectivity index is 1.52. The SMILES string of the molecule is CN1CCN(Cc2ccc(CNC(=O)/C=C/c3cn(C)c(=O)n(C)c3=O)cc2)CC1. The molecule has 0 bridgehead atoms. The Hall–Kier alpha value is -2.97. The molecule has 30 heavy (non-hydrogen) atoms. The molecule has 8 nitrogen and oxygen atoms in total. The Morgan fingerprint density at radius 2 is 1.63 bits per heavy atom. The third-order valence-electron chi connectivity index (χ3n) is 5.38. The molecule has 1 saturated heterocycles. The van der Waals surface area contributed by atoms with Gasteiger partial charge in [-0.3, -0.25) is 19.1 Å². The van der Waals surface area contributed by atoms with Crippen LogP contribution in [0.2, 0.25) is 0 Å². The first-order chi connectivity index (χ1) is 14.3. The molecular formula is C22H29N5O3. The van der Waals surface area contributed by atoms with Crippen LogP contribution >= 0.6 is 0 Å². The second kappa shape index (κ2) is 9.69. The van der Waals surface area contributed by atoms with Crippen molar-refractivity contribution in [1.29, 1.82) is 0 Å². The number of aryl methyl sites for hydroxylation is 1. The summed E-state index contributed by atoms with van der Waals surface area (Å²) >= 11 is 0. The largest absolute Gasteiger partial charge is 0.348 e. The van der Waals surface area contributed by atoms with E-state index in [1.165, 1.54) is 35.5 Å². The average molecular weight is 412 g/mol. The quantitative estimate of drug-likeness (QED) is 0.685. The fraction of sp³-hybridized carbons (Fsp3) is 0.409. The van der Waals surface area contributed by atoms with Crippen molar-refractivity contribution in [2.24, 2.45) is 14.1 Å². The summed E-state index contributed by atoms with van der Waals surface area (Å²) in [6, 6.07) is 8.25. The van der Waals surface area contributed by atoms with E-state index in [0.29, 0.717) is 6.54 Å². The molecule has 0 radical (unpaired) electrons. The van der Waals surface area contributed by atoms with Crippen LogP contribution in [0.1, 0.15) is 16.7 Å². The van der Waals surface area contributed by atoms with Gasteiger partial charge in [-0.2, -0.15) is 0 Å². The van der Waals surface area contributed by atoms with E-state index in [1.807, 2.05) is 12.1 Å². The number of nitrogens with zero attached hydrogens (tertiary/aromatic N) is 4. The maximum Gasteiger partial charge on any atom is 0.330 e. The van der Waals surface area contributed by atoms with Gasteiger partial charge in [-0.25, -0.2) is 4.79 Å². The highest BCUT2D eigenvalue weighted by molar-refractivity contribution is 5.91. The number of carbonyl (C=O) groups is 1. The summed E-state index contributed by atoms with van der Waals surface area (Å²) in [6.45, 7) is 5.71. The average Bonchev–Trinajstić information content (AvgIpc) is 2.75. The molecule has 1 aliphatic heterocycles. The number of hydrogen-bond acceptors (Lipinski definition) is 5. The van der Waals surface area contributed by atoms with E-state index in [-0.39, 0.29) is 11.5 Å². The first-order valence-corrected chi connectivity index (χ1v) is 10.0. The lowest BCUT2D eigenvalue weighted by atomic mass is 10.1. The Bertz CT molecular complexity index is 1030. The molecule has 8 heteroatoms. The molecule has 1 aromatic carbocycles. The zero-order chi connectivity index (χ0) is 21.7. The van der Waals surface area contributed by atoms with Crippen LogP contribution in [0.25, 0.3) is 6.08 Å². The molecule has 1 amide bonds. The number of benzene rings is 1. The van der Waals surface area contributed by atoms with Gasteiger partial charge in [0.2, 0.25) is 5.91 Å². The first-order valence-electron chi connectivity index (χ1n) is 10.0. The molecule has 2 aromatic rings. The van der Waals surface area contributed by atoms with Crippen LogP contribution in [0, 0.1) is 0 Å². The van der Waals surface area contributed by atoms with Gasteiger partial charge in [0.25, 0.3) is 5.56 Å². The number of piperazine rings is 1. The van der Waals surface area contributed by atoms with Crippen LogP contribution < -0.4 is 16.6 Å². The molecule has 2 heterocycles. The molecule has 0 atom stereocenters. The highest BCUT2D eigenvalue weighted by Gasteiger charge is 2.13. The predicted molar refractivity (Wildman–Crippen MR) is 117 cm³/mol. The summed E-state index contributed by atoms with van der Waals surface area (Å²) in [5.41, 5.74) is 1.72. The van der Waals surface area contributed by atoms with Crippen molar-refractivity contribution in [1.82, 2.24) is 24.3 Å². The van der Waals surface area contributed by atoms with E-state index in [1.54, 1.807) is 7.05 Å². The van der Waals surface area contributed by atoms with E-state index in [4.69, 9.17) is 0 Å². The van der Waals surface area contributed by atoms with Gasteiger partial charge in [-0.1, -0.05) is 24.3 Å². The third kappa shape index (κ3) is 5.55. The molecular weight excluding hydrogens is 382 g/mol. The van der Waals surface area contributed by atoms with Crippen molar-refractivity contribution in [3.05, 3.63) is 74.1 Å². The van der Waals surface area contributed by atoms with Gasteiger partial charge < -0.3 is 14.8 Å². The zero-order valence-corrected chi connectivity index (χ0v) is 17.8. The minimum atomic E-state index is -0.432. The maximum absolute atomic E-state index is 12.1. The van der Waals surface area contributed by atoms with E-state index in [0.717, 1.165) is 42.9 Å². The summed E-state index contributed by atoms with van der Waals surface area (Å²) in [7, 11) is 5.12. The number of carbonyl (C=O) groups excluding carboxylic acids is 1. The van der Waals surface area contributed by atoms with E-state index < -0.39 is 11.2 Å².